The Bertz CT molecular complexity index is 1010. The summed E-state index contributed by atoms with van der Waals surface area (Å²) in [6.45, 7) is 7.91. The van der Waals surface area contributed by atoms with Crippen molar-refractivity contribution in [1.29, 1.82) is 0 Å². The topological polar surface area (TPSA) is 41.9 Å². The van der Waals surface area contributed by atoms with Crippen LogP contribution >= 0.6 is 12.4 Å². The first-order valence-corrected chi connectivity index (χ1v) is 11.8. The van der Waals surface area contributed by atoms with Gasteiger partial charge < -0.3 is 14.6 Å². The molecule has 0 spiro atoms. The molecule has 0 saturated carbocycles. The Morgan fingerprint density at radius 2 is 1.61 bits per heavy atom. The molecule has 1 aliphatic rings. The van der Waals surface area contributed by atoms with Crippen LogP contribution in [0.5, 0.6) is 11.5 Å². The molecular weight excluding hydrogens is 434 g/mol. The minimum atomic E-state index is -0.879. The second kappa shape index (κ2) is 11.7. The lowest BCUT2D eigenvalue weighted by Gasteiger charge is -2.26. The number of piperidine rings is 1. The van der Waals surface area contributed by atoms with E-state index in [0.29, 0.717) is 0 Å². The van der Waals surface area contributed by atoms with Crippen molar-refractivity contribution in [3.63, 3.8) is 0 Å². The third-order valence-electron chi connectivity index (χ3n) is 6.01. The van der Waals surface area contributed by atoms with Crippen molar-refractivity contribution >= 4 is 23.2 Å². The highest BCUT2D eigenvalue weighted by Crippen LogP contribution is 2.31. The van der Waals surface area contributed by atoms with Crippen LogP contribution in [0, 0.1) is 0 Å². The molecule has 1 saturated heterocycles. The van der Waals surface area contributed by atoms with Gasteiger partial charge in [0, 0.05) is 18.5 Å². The summed E-state index contributed by atoms with van der Waals surface area (Å²) in [5.74, 6) is 1.75. The van der Waals surface area contributed by atoms with Crippen molar-refractivity contribution in [3.8, 4) is 11.5 Å². The summed E-state index contributed by atoms with van der Waals surface area (Å²) >= 11 is 0. The lowest BCUT2D eigenvalue weighted by atomic mass is 9.97. The van der Waals surface area contributed by atoms with E-state index in [0.717, 1.165) is 36.6 Å². The molecule has 0 bridgehead atoms. The molecule has 0 aliphatic carbocycles. The number of fused-ring (bicyclic) bond motifs is 1. The Morgan fingerprint density at radius 1 is 0.879 bits per heavy atom. The number of halogens is 1. The van der Waals surface area contributed by atoms with E-state index < -0.39 is 5.60 Å². The molecule has 0 unspecified atom stereocenters. The first-order valence-electron chi connectivity index (χ1n) is 11.8. The van der Waals surface area contributed by atoms with Crippen molar-refractivity contribution in [2.75, 3.05) is 32.8 Å². The molecule has 1 N–H and O–H groups in total. The van der Waals surface area contributed by atoms with E-state index >= 15 is 0 Å². The molecule has 0 radical (unpaired) electrons. The lowest BCUT2D eigenvalue weighted by molar-refractivity contribution is 0.0282. The largest absolute Gasteiger partial charge is 0.492 e. The third-order valence-corrected chi connectivity index (χ3v) is 6.01. The Balaban J connectivity index is 0.00000306. The van der Waals surface area contributed by atoms with Crippen LogP contribution in [0.2, 0.25) is 0 Å². The molecular formula is C28H36ClNO3. The average Bonchev–Trinajstić information content (AvgIpc) is 2.80. The molecule has 1 fully saturated rings. The number of nitrogens with zero attached hydrogens (tertiary/aromatic N) is 1. The molecule has 3 aromatic carbocycles. The van der Waals surface area contributed by atoms with Gasteiger partial charge in [-0.2, -0.15) is 0 Å². The molecule has 1 aliphatic heterocycles. The van der Waals surface area contributed by atoms with Crippen LogP contribution in [0.1, 0.15) is 44.2 Å². The van der Waals surface area contributed by atoms with Gasteiger partial charge in [-0.05, 0) is 74.3 Å². The number of likely N-dealkylation sites (tertiary alicyclic amines) is 1. The van der Waals surface area contributed by atoms with Gasteiger partial charge in [0.1, 0.15) is 24.7 Å². The van der Waals surface area contributed by atoms with Gasteiger partial charge in [0.15, 0.2) is 0 Å². The monoisotopic (exact) mass is 469 g/mol. The zero-order valence-corrected chi connectivity index (χ0v) is 20.6. The zero-order chi connectivity index (χ0) is 22.4. The van der Waals surface area contributed by atoms with Crippen LogP contribution in [0.15, 0.2) is 60.7 Å². The van der Waals surface area contributed by atoms with Crippen LogP contribution in [0.25, 0.3) is 10.8 Å². The van der Waals surface area contributed by atoms with E-state index in [-0.39, 0.29) is 19.0 Å². The van der Waals surface area contributed by atoms with Gasteiger partial charge >= 0.3 is 0 Å². The second-order valence-corrected chi connectivity index (χ2v) is 9.44. The Labute approximate surface area is 203 Å². The summed E-state index contributed by atoms with van der Waals surface area (Å²) < 4.78 is 12.0. The van der Waals surface area contributed by atoms with E-state index in [1.54, 1.807) is 13.8 Å². The number of hydrogen-bond donors (Lipinski definition) is 1. The first-order chi connectivity index (χ1) is 15.5. The summed E-state index contributed by atoms with van der Waals surface area (Å²) in [5, 5.41) is 12.5. The number of hydrogen-bond acceptors (Lipinski definition) is 4. The van der Waals surface area contributed by atoms with Crippen molar-refractivity contribution in [2.45, 2.75) is 45.1 Å². The lowest BCUT2D eigenvalue weighted by Crippen LogP contribution is -2.33. The summed E-state index contributed by atoms with van der Waals surface area (Å²) in [6.07, 6.45) is 4.74. The normalized spacial score (nSPS) is 14.6. The van der Waals surface area contributed by atoms with E-state index in [1.165, 1.54) is 48.7 Å². The maximum Gasteiger partial charge on any atom is 0.123 e. The Kier molecular flexibility index (Phi) is 9.02. The van der Waals surface area contributed by atoms with Crippen LogP contribution < -0.4 is 9.47 Å². The molecule has 4 rings (SSSR count). The fourth-order valence-electron chi connectivity index (χ4n) is 4.27. The highest BCUT2D eigenvalue weighted by atomic mass is 35.5. The second-order valence-electron chi connectivity index (χ2n) is 9.44. The van der Waals surface area contributed by atoms with Gasteiger partial charge in [-0.15, -0.1) is 12.4 Å². The number of rotatable bonds is 9. The van der Waals surface area contributed by atoms with Gasteiger partial charge in [0.05, 0.1) is 5.60 Å². The van der Waals surface area contributed by atoms with E-state index in [9.17, 15) is 5.11 Å². The SMILES string of the molecule is CC(C)(O)COc1ccc2ccccc2c1Cc1ccc(OCCN2CCCCC2)cc1.Cl. The maximum atomic E-state index is 10.1. The van der Waals surface area contributed by atoms with Gasteiger partial charge in [-0.25, -0.2) is 0 Å². The maximum absolute atomic E-state index is 10.1. The minimum absolute atomic E-state index is 0. The first kappa shape index (κ1) is 25.4. The number of ether oxygens (including phenoxy) is 2. The molecule has 0 amide bonds. The van der Waals surface area contributed by atoms with Crippen molar-refractivity contribution in [2.24, 2.45) is 0 Å². The Hall–Kier alpha value is -2.27. The highest BCUT2D eigenvalue weighted by Gasteiger charge is 2.16. The van der Waals surface area contributed by atoms with Gasteiger partial charge in [0.25, 0.3) is 0 Å². The van der Waals surface area contributed by atoms with E-state index in [4.69, 9.17) is 9.47 Å². The van der Waals surface area contributed by atoms with Gasteiger partial charge in [-0.1, -0.05) is 48.9 Å². The van der Waals surface area contributed by atoms with Crippen LogP contribution in [0.3, 0.4) is 0 Å². The fourth-order valence-corrected chi connectivity index (χ4v) is 4.27. The highest BCUT2D eigenvalue weighted by molar-refractivity contribution is 5.88. The predicted octanol–water partition coefficient (Wildman–Crippen LogP) is 5.87. The zero-order valence-electron chi connectivity index (χ0n) is 19.8. The van der Waals surface area contributed by atoms with E-state index in [1.807, 2.05) is 6.07 Å². The molecule has 4 nitrogen and oxygen atoms in total. The molecule has 3 aromatic rings. The molecule has 178 valence electrons. The summed E-state index contributed by atoms with van der Waals surface area (Å²) in [5.41, 5.74) is 1.47. The quantitative estimate of drug-likeness (QED) is 0.425. The number of aliphatic hydroxyl groups is 1. The number of benzene rings is 3. The molecule has 5 heteroatoms. The average molecular weight is 470 g/mol. The smallest absolute Gasteiger partial charge is 0.123 e. The standard InChI is InChI=1S/C28H35NO3.ClH/c1-28(2,30)21-32-27-15-12-23-8-4-5-9-25(23)26(27)20-22-10-13-24(14-11-22)31-19-18-29-16-6-3-7-17-29;/h4-5,8-15,30H,3,6-7,16-21H2,1-2H3;1H. The summed E-state index contributed by atoms with van der Waals surface area (Å²) in [7, 11) is 0. The Morgan fingerprint density at radius 3 is 2.33 bits per heavy atom. The third kappa shape index (κ3) is 7.36. The van der Waals surface area contributed by atoms with Crippen molar-refractivity contribution in [3.05, 3.63) is 71.8 Å². The van der Waals surface area contributed by atoms with Crippen molar-refractivity contribution in [1.82, 2.24) is 4.90 Å². The van der Waals surface area contributed by atoms with Crippen molar-refractivity contribution < 1.29 is 14.6 Å². The summed E-state index contributed by atoms with van der Waals surface area (Å²) in [6, 6.07) is 20.9. The summed E-state index contributed by atoms with van der Waals surface area (Å²) in [4.78, 5) is 2.49. The molecule has 0 atom stereocenters. The fraction of sp³-hybridized carbons (Fsp3) is 0.429. The minimum Gasteiger partial charge on any atom is -0.492 e. The van der Waals surface area contributed by atoms with E-state index in [2.05, 4.69) is 59.5 Å². The molecule has 1 heterocycles. The predicted molar refractivity (Wildman–Crippen MR) is 138 cm³/mol. The van der Waals surface area contributed by atoms with Gasteiger partial charge in [0.2, 0.25) is 0 Å². The van der Waals surface area contributed by atoms with Crippen LogP contribution in [0.4, 0.5) is 0 Å². The van der Waals surface area contributed by atoms with Crippen LogP contribution in [-0.4, -0.2) is 48.5 Å². The van der Waals surface area contributed by atoms with Crippen LogP contribution in [-0.2, 0) is 6.42 Å². The molecule has 33 heavy (non-hydrogen) atoms. The van der Waals surface area contributed by atoms with Gasteiger partial charge in [-0.3, -0.25) is 4.90 Å². The molecule has 0 aromatic heterocycles.